The molecule has 0 saturated carbocycles. The van der Waals surface area contributed by atoms with E-state index >= 15 is 0 Å². The van der Waals surface area contributed by atoms with Crippen molar-refractivity contribution >= 4 is 29.3 Å². The molecule has 24 heavy (non-hydrogen) atoms. The summed E-state index contributed by atoms with van der Waals surface area (Å²) in [4.78, 5) is 24.4. The van der Waals surface area contributed by atoms with Gasteiger partial charge in [0.05, 0.1) is 18.2 Å². The number of rotatable bonds is 5. The number of phenolic OH excluding ortho intramolecular Hbond substituents is 1. The van der Waals surface area contributed by atoms with Crippen LogP contribution in [0.15, 0.2) is 47.4 Å². The molecule has 0 aliphatic carbocycles. The molecular weight excluding hydrogens is 324 g/mol. The fourth-order valence-electron chi connectivity index (χ4n) is 2.58. The average molecular weight is 342 g/mol. The molecule has 0 saturated heterocycles. The molecule has 1 unspecified atom stereocenters. The number of anilines is 1. The molecule has 0 bridgehead atoms. The third-order valence-electron chi connectivity index (χ3n) is 3.84. The van der Waals surface area contributed by atoms with Crippen molar-refractivity contribution in [1.82, 2.24) is 5.32 Å². The maximum Gasteiger partial charge on any atom is 0.230 e. The topological polar surface area (TPSA) is 78.4 Å². The van der Waals surface area contributed by atoms with Crippen molar-refractivity contribution in [3.63, 3.8) is 0 Å². The summed E-state index contributed by atoms with van der Waals surface area (Å²) in [7, 11) is 0. The molecule has 2 aromatic rings. The second kappa shape index (κ2) is 6.97. The highest BCUT2D eigenvalue weighted by Crippen LogP contribution is 2.26. The Morgan fingerprint density at radius 3 is 2.79 bits per heavy atom. The Balaban J connectivity index is 1.55. The summed E-state index contributed by atoms with van der Waals surface area (Å²) < 4.78 is 0. The van der Waals surface area contributed by atoms with Gasteiger partial charge in [-0.25, -0.2) is 0 Å². The van der Waals surface area contributed by atoms with E-state index in [9.17, 15) is 14.7 Å². The summed E-state index contributed by atoms with van der Waals surface area (Å²) in [5.41, 5.74) is 2.80. The largest absolute Gasteiger partial charge is 0.508 e. The summed E-state index contributed by atoms with van der Waals surface area (Å²) in [5.74, 6) is 0.460. The van der Waals surface area contributed by atoms with Gasteiger partial charge in [-0.2, -0.15) is 0 Å². The standard InChI is InChI=1S/C18H18N2O3S/c1-11(12-2-7-16-13(8-12)9-17(22)20-16)19-18(23)10-24-15-5-3-14(21)4-6-15/h2-8,11,21H,9-10H2,1H3,(H,19,23)(H,20,22). The van der Waals surface area contributed by atoms with E-state index < -0.39 is 0 Å². The van der Waals surface area contributed by atoms with Gasteiger partial charge in [0.15, 0.2) is 0 Å². The zero-order valence-corrected chi connectivity index (χ0v) is 14.0. The molecule has 1 aliphatic rings. The molecule has 1 heterocycles. The van der Waals surface area contributed by atoms with Gasteiger partial charge in [-0.05, 0) is 48.4 Å². The van der Waals surface area contributed by atoms with Crippen LogP contribution < -0.4 is 10.6 Å². The summed E-state index contributed by atoms with van der Waals surface area (Å²) in [5, 5.41) is 15.0. The molecule has 0 spiro atoms. The highest BCUT2D eigenvalue weighted by atomic mass is 32.2. The molecule has 124 valence electrons. The minimum absolute atomic E-state index is 0.00383. The maximum atomic E-state index is 12.1. The molecule has 5 nitrogen and oxygen atoms in total. The van der Waals surface area contributed by atoms with E-state index in [1.54, 1.807) is 24.3 Å². The van der Waals surface area contributed by atoms with E-state index in [1.807, 2.05) is 25.1 Å². The van der Waals surface area contributed by atoms with Crippen molar-refractivity contribution in [3.8, 4) is 5.75 Å². The van der Waals surface area contributed by atoms with Crippen LogP contribution in [0.2, 0.25) is 0 Å². The number of phenols is 1. The van der Waals surface area contributed by atoms with Crippen molar-refractivity contribution in [2.24, 2.45) is 0 Å². The minimum Gasteiger partial charge on any atom is -0.508 e. The van der Waals surface area contributed by atoms with Gasteiger partial charge < -0.3 is 15.7 Å². The Kier molecular flexibility index (Phi) is 4.76. The van der Waals surface area contributed by atoms with Gasteiger partial charge in [-0.1, -0.05) is 12.1 Å². The summed E-state index contributed by atoms with van der Waals surface area (Å²) in [6.07, 6.45) is 0.389. The first-order chi connectivity index (χ1) is 11.5. The quantitative estimate of drug-likeness (QED) is 0.730. The van der Waals surface area contributed by atoms with Crippen LogP contribution in [-0.4, -0.2) is 22.7 Å². The normalized spacial score (nSPS) is 14.0. The smallest absolute Gasteiger partial charge is 0.230 e. The maximum absolute atomic E-state index is 12.1. The Bertz CT molecular complexity index is 774. The van der Waals surface area contributed by atoms with E-state index in [-0.39, 0.29) is 23.6 Å². The summed E-state index contributed by atoms with van der Waals surface area (Å²) in [6.45, 7) is 1.93. The second-order valence-corrected chi connectivity index (χ2v) is 6.76. The number of thioether (sulfide) groups is 1. The van der Waals surface area contributed by atoms with Gasteiger partial charge >= 0.3 is 0 Å². The number of hydrogen-bond acceptors (Lipinski definition) is 4. The molecule has 0 fully saturated rings. The zero-order valence-electron chi connectivity index (χ0n) is 13.2. The average Bonchev–Trinajstić information content (AvgIpc) is 2.93. The number of amides is 2. The highest BCUT2D eigenvalue weighted by molar-refractivity contribution is 8.00. The Labute approximate surface area is 144 Å². The van der Waals surface area contributed by atoms with Crippen LogP contribution in [0.5, 0.6) is 5.75 Å². The fourth-order valence-corrected chi connectivity index (χ4v) is 3.29. The lowest BCUT2D eigenvalue weighted by molar-refractivity contribution is -0.119. The Morgan fingerprint density at radius 2 is 2.04 bits per heavy atom. The zero-order chi connectivity index (χ0) is 17.1. The van der Waals surface area contributed by atoms with Gasteiger partial charge in [0, 0.05) is 10.6 Å². The van der Waals surface area contributed by atoms with Crippen LogP contribution >= 0.6 is 11.8 Å². The van der Waals surface area contributed by atoms with Crippen molar-refractivity contribution in [2.75, 3.05) is 11.1 Å². The Morgan fingerprint density at radius 1 is 1.29 bits per heavy atom. The van der Waals surface area contributed by atoms with E-state index in [4.69, 9.17) is 0 Å². The SMILES string of the molecule is CC(NC(=O)CSc1ccc(O)cc1)c1ccc2c(c1)CC(=O)N2. The summed E-state index contributed by atoms with van der Waals surface area (Å²) >= 11 is 1.42. The molecule has 2 amide bonds. The first kappa shape index (κ1) is 16.4. The molecule has 2 aromatic carbocycles. The van der Waals surface area contributed by atoms with E-state index in [0.29, 0.717) is 12.2 Å². The molecule has 1 aliphatic heterocycles. The number of fused-ring (bicyclic) bond motifs is 1. The van der Waals surface area contributed by atoms with E-state index in [2.05, 4.69) is 10.6 Å². The number of nitrogens with one attached hydrogen (secondary N) is 2. The number of carbonyl (C=O) groups excluding carboxylic acids is 2. The highest BCUT2D eigenvalue weighted by Gasteiger charge is 2.19. The van der Waals surface area contributed by atoms with Crippen molar-refractivity contribution in [1.29, 1.82) is 0 Å². The lowest BCUT2D eigenvalue weighted by atomic mass is 10.0. The molecule has 6 heteroatoms. The molecule has 3 rings (SSSR count). The molecule has 0 radical (unpaired) electrons. The number of hydrogen-bond donors (Lipinski definition) is 3. The summed E-state index contributed by atoms with van der Waals surface area (Å²) in [6, 6.07) is 12.4. The van der Waals surface area contributed by atoms with Crippen molar-refractivity contribution < 1.29 is 14.7 Å². The van der Waals surface area contributed by atoms with Crippen LogP contribution in [0, 0.1) is 0 Å². The van der Waals surface area contributed by atoms with Gasteiger partial charge in [-0.3, -0.25) is 9.59 Å². The third kappa shape index (κ3) is 3.89. The fraction of sp³-hybridized carbons (Fsp3) is 0.222. The predicted molar refractivity (Wildman–Crippen MR) is 94.2 cm³/mol. The van der Waals surface area contributed by atoms with E-state index in [0.717, 1.165) is 21.7 Å². The molecule has 0 aromatic heterocycles. The van der Waals surface area contributed by atoms with Gasteiger partial charge in [-0.15, -0.1) is 11.8 Å². The lowest BCUT2D eigenvalue weighted by Gasteiger charge is -2.15. The predicted octanol–water partition coefficient (Wildman–Crippen LogP) is 2.86. The van der Waals surface area contributed by atoms with Gasteiger partial charge in [0.25, 0.3) is 0 Å². The van der Waals surface area contributed by atoms with Crippen molar-refractivity contribution in [3.05, 3.63) is 53.6 Å². The first-order valence-corrected chi connectivity index (χ1v) is 8.64. The number of benzene rings is 2. The lowest BCUT2D eigenvalue weighted by Crippen LogP contribution is -2.28. The van der Waals surface area contributed by atoms with Gasteiger partial charge in [0.2, 0.25) is 11.8 Å². The van der Waals surface area contributed by atoms with Crippen LogP contribution in [0.25, 0.3) is 0 Å². The molecule has 3 N–H and O–H groups in total. The number of carbonyl (C=O) groups is 2. The van der Waals surface area contributed by atoms with Crippen LogP contribution in [-0.2, 0) is 16.0 Å². The van der Waals surface area contributed by atoms with Crippen LogP contribution in [0.3, 0.4) is 0 Å². The number of aromatic hydroxyl groups is 1. The third-order valence-corrected chi connectivity index (χ3v) is 4.85. The Hall–Kier alpha value is -2.47. The molecule has 1 atom stereocenters. The molecular formula is C18H18N2O3S. The van der Waals surface area contributed by atoms with E-state index in [1.165, 1.54) is 11.8 Å². The second-order valence-electron chi connectivity index (χ2n) is 5.71. The van der Waals surface area contributed by atoms with Crippen LogP contribution in [0.4, 0.5) is 5.69 Å². The first-order valence-electron chi connectivity index (χ1n) is 7.65. The minimum atomic E-state index is -0.126. The van der Waals surface area contributed by atoms with Gasteiger partial charge in [0.1, 0.15) is 5.75 Å². The monoisotopic (exact) mass is 342 g/mol. The van der Waals surface area contributed by atoms with Crippen molar-refractivity contribution in [2.45, 2.75) is 24.3 Å². The van der Waals surface area contributed by atoms with Crippen LogP contribution in [0.1, 0.15) is 24.1 Å².